The van der Waals surface area contributed by atoms with Crippen LogP contribution in [0.2, 0.25) is 0 Å². The van der Waals surface area contributed by atoms with Crippen molar-refractivity contribution in [2.24, 2.45) is 0 Å². The number of aliphatic hydroxyl groups excluding tert-OH is 1. The van der Waals surface area contributed by atoms with Crippen molar-refractivity contribution in [1.82, 2.24) is 15.1 Å². The minimum atomic E-state index is -0.373. The number of furan rings is 1. The Morgan fingerprint density at radius 2 is 2.04 bits per heavy atom. The maximum atomic E-state index is 12.4. The maximum Gasteiger partial charge on any atom is 0.272 e. The monoisotopic (exact) mass is 339 g/mol. The van der Waals surface area contributed by atoms with Gasteiger partial charge in [0.05, 0.1) is 12.3 Å². The van der Waals surface area contributed by atoms with Gasteiger partial charge in [-0.3, -0.25) is 9.48 Å². The van der Waals surface area contributed by atoms with Crippen molar-refractivity contribution in [2.45, 2.75) is 25.4 Å². The highest BCUT2D eigenvalue weighted by molar-refractivity contribution is 5.92. The van der Waals surface area contributed by atoms with E-state index in [0.717, 1.165) is 6.42 Å². The van der Waals surface area contributed by atoms with Gasteiger partial charge >= 0.3 is 0 Å². The molecule has 1 aromatic carbocycles. The maximum absolute atomic E-state index is 12.4. The Labute approximate surface area is 146 Å². The third-order valence-electron chi connectivity index (χ3n) is 3.96. The molecule has 3 aromatic rings. The highest BCUT2D eigenvalue weighted by Gasteiger charge is 2.19. The lowest BCUT2D eigenvalue weighted by Gasteiger charge is -2.14. The summed E-state index contributed by atoms with van der Waals surface area (Å²) in [6, 6.07) is 15.0. The van der Waals surface area contributed by atoms with E-state index in [0.29, 0.717) is 24.4 Å². The van der Waals surface area contributed by atoms with Gasteiger partial charge in [-0.2, -0.15) is 5.10 Å². The van der Waals surface area contributed by atoms with Crippen LogP contribution in [0.3, 0.4) is 0 Å². The standard InChI is InChI=1S/C19H21N3O3/c23-13-10-16(18-7-4-14-25-18)20-19(24)17-9-12-22(21-17)11-8-15-5-2-1-3-6-15/h1-7,9,12,14,16,23H,8,10-11,13H2,(H,20,24). The minimum Gasteiger partial charge on any atom is -0.467 e. The number of rotatable bonds is 8. The zero-order chi connectivity index (χ0) is 17.5. The predicted molar refractivity (Wildman–Crippen MR) is 93.0 cm³/mol. The molecule has 1 unspecified atom stereocenters. The summed E-state index contributed by atoms with van der Waals surface area (Å²) in [7, 11) is 0. The molecule has 0 saturated heterocycles. The number of aliphatic hydroxyl groups is 1. The van der Waals surface area contributed by atoms with Crippen LogP contribution in [0.15, 0.2) is 65.4 Å². The second-order valence-electron chi connectivity index (χ2n) is 5.75. The summed E-state index contributed by atoms with van der Waals surface area (Å²) in [6.45, 7) is 0.659. The van der Waals surface area contributed by atoms with E-state index in [9.17, 15) is 9.90 Å². The van der Waals surface area contributed by atoms with Crippen molar-refractivity contribution >= 4 is 5.91 Å². The van der Waals surface area contributed by atoms with Gasteiger partial charge in [-0.1, -0.05) is 30.3 Å². The van der Waals surface area contributed by atoms with E-state index in [2.05, 4.69) is 22.5 Å². The van der Waals surface area contributed by atoms with Gasteiger partial charge < -0.3 is 14.8 Å². The van der Waals surface area contributed by atoms with Crippen molar-refractivity contribution < 1.29 is 14.3 Å². The van der Waals surface area contributed by atoms with Gasteiger partial charge in [0, 0.05) is 19.3 Å². The number of carbonyl (C=O) groups is 1. The van der Waals surface area contributed by atoms with Gasteiger partial charge in [-0.05, 0) is 36.6 Å². The van der Waals surface area contributed by atoms with Gasteiger partial charge in [-0.15, -0.1) is 0 Å². The highest BCUT2D eigenvalue weighted by Crippen LogP contribution is 2.17. The molecule has 0 bridgehead atoms. The van der Waals surface area contributed by atoms with E-state index >= 15 is 0 Å². The van der Waals surface area contributed by atoms with E-state index in [-0.39, 0.29) is 18.6 Å². The molecule has 2 aromatic heterocycles. The van der Waals surface area contributed by atoms with Crippen LogP contribution in [0.4, 0.5) is 0 Å². The Kier molecular flexibility index (Phi) is 5.64. The molecule has 3 rings (SSSR count). The molecule has 25 heavy (non-hydrogen) atoms. The van der Waals surface area contributed by atoms with E-state index < -0.39 is 0 Å². The van der Waals surface area contributed by atoms with E-state index in [4.69, 9.17) is 4.42 Å². The number of nitrogens with one attached hydrogen (secondary N) is 1. The molecule has 2 heterocycles. The number of nitrogens with zero attached hydrogens (tertiary/aromatic N) is 2. The third kappa shape index (κ3) is 4.58. The quantitative estimate of drug-likeness (QED) is 0.661. The fraction of sp³-hybridized carbons (Fsp3) is 0.263. The molecular weight excluding hydrogens is 318 g/mol. The largest absolute Gasteiger partial charge is 0.467 e. The molecule has 6 nitrogen and oxygen atoms in total. The Morgan fingerprint density at radius 1 is 1.20 bits per heavy atom. The first kappa shape index (κ1) is 17.0. The molecule has 0 saturated carbocycles. The summed E-state index contributed by atoms with van der Waals surface area (Å²) >= 11 is 0. The van der Waals surface area contributed by atoms with Crippen LogP contribution >= 0.6 is 0 Å². The first-order valence-electron chi connectivity index (χ1n) is 8.29. The molecule has 6 heteroatoms. The summed E-state index contributed by atoms with van der Waals surface area (Å²) < 4.78 is 7.09. The first-order valence-corrected chi connectivity index (χ1v) is 8.29. The molecule has 0 aliphatic rings. The molecule has 0 aliphatic heterocycles. The van der Waals surface area contributed by atoms with Crippen LogP contribution in [0, 0.1) is 0 Å². The smallest absolute Gasteiger partial charge is 0.272 e. The summed E-state index contributed by atoms with van der Waals surface area (Å²) in [5.41, 5.74) is 1.58. The highest BCUT2D eigenvalue weighted by atomic mass is 16.3. The van der Waals surface area contributed by atoms with Gasteiger partial charge in [0.2, 0.25) is 0 Å². The lowest BCUT2D eigenvalue weighted by molar-refractivity contribution is 0.0917. The number of hydrogen-bond donors (Lipinski definition) is 2. The van der Waals surface area contributed by atoms with E-state index in [1.807, 2.05) is 18.2 Å². The Hall–Kier alpha value is -2.86. The SMILES string of the molecule is O=C(NC(CCO)c1ccco1)c1ccn(CCc2ccccc2)n1. The first-order chi connectivity index (χ1) is 12.3. The van der Waals surface area contributed by atoms with Crippen LogP contribution < -0.4 is 5.32 Å². The molecule has 1 amide bonds. The number of amides is 1. The average Bonchev–Trinajstić information content (AvgIpc) is 3.32. The second-order valence-corrected chi connectivity index (χ2v) is 5.75. The van der Waals surface area contributed by atoms with Crippen LogP contribution in [0.1, 0.15) is 34.3 Å². The molecule has 0 fully saturated rings. The van der Waals surface area contributed by atoms with Crippen molar-refractivity contribution in [1.29, 1.82) is 0 Å². The molecule has 1 atom stereocenters. The van der Waals surface area contributed by atoms with Gasteiger partial charge in [0.25, 0.3) is 5.91 Å². The summed E-state index contributed by atoms with van der Waals surface area (Å²) in [5.74, 6) is 0.333. The van der Waals surface area contributed by atoms with Crippen molar-refractivity contribution in [3.63, 3.8) is 0 Å². The van der Waals surface area contributed by atoms with Crippen LogP contribution in [-0.4, -0.2) is 27.4 Å². The fourth-order valence-electron chi connectivity index (χ4n) is 2.63. The van der Waals surface area contributed by atoms with Gasteiger partial charge in [0.1, 0.15) is 11.5 Å². The third-order valence-corrected chi connectivity index (χ3v) is 3.96. The van der Waals surface area contributed by atoms with Crippen LogP contribution in [-0.2, 0) is 13.0 Å². The summed E-state index contributed by atoms with van der Waals surface area (Å²) in [5, 5.41) is 16.4. The second kappa shape index (κ2) is 8.30. The molecule has 2 N–H and O–H groups in total. The topological polar surface area (TPSA) is 80.3 Å². The number of aryl methyl sites for hydroxylation is 2. The summed E-state index contributed by atoms with van der Waals surface area (Å²) in [4.78, 5) is 12.4. The van der Waals surface area contributed by atoms with E-state index in [1.54, 1.807) is 35.3 Å². The molecule has 0 radical (unpaired) electrons. The minimum absolute atomic E-state index is 0.0445. The van der Waals surface area contributed by atoms with Gasteiger partial charge in [0.15, 0.2) is 0 Å². The molecule has 130 valence electrons. The number of hydrogen-bond acceptors (Lipinski definition) is 4. The van der Waals surface area contributed by atoms with Crippen molar-refractivity contribution in [3.05, 3.63) is 78.0 Å². The zero-order valence-corrected chi connectivity index (χ0v) is 13.8. The summed E-state index contributed by atoms with van der Waals surface area (Å²) in [6.07, 6.45) is 4.58. The average molecular weight is 339 g/mol. The molecular formula is C19H21N3O3. The number of aromatic nitrogens is 2. The van der Waals surface area contributed by atoms with Crippen LogP contribution in [0.5, 0.6) is 0 Å². The Morgan fingerprint density at radius 3 is 2.76 bits per heavy atom. The van der Waals surface area contributed by atoms with Gasteiger partial charge in [-0.25, -0.2) is 0 Å². The predicted octanol–water partition coefficient (Wildman–Crippen LogP) is 2.57. The van der Waals surface area contributed by atoms with Crippen molar-refractivity contribution in [3.8, 4) is 0 Å². The fourth-order valence-corrected chi connectivity index (χ4v) is 2.63. The Balaban J connectivity index is 1.60. The lowest BCUT2D eigenvalue weighted by atomic mass is 10.1. The molecule has 0 spiro atoms. The van der Waals surface area contributed by atoms with Crippen molar-refractivity contribution in [2.75, 3.05) is 6.61 Å². The van der Waals surface area contributed by atoms with Crippen LogP contribution in [0.25, 0.3) is 0 Å². The van der Waals surface area contributed by atoms with E-state index in [1.165, 1.54) is 5.56 Å². The number of carbonyl (C=O) groups excluding carboxylic acids is 1. The lowest BCUT2D eigenvalue weighted by Crippen LogP contribution is -2.29. The Bertz CT molecular complexity index is 781. The normalized spacial score (nSPS) is 12.0. The molecule has 0 aliphatic carbocycles. The number of benzene rings is 1. The zero-order valence-electron chi connectivity index (χ0n) is 13.8.